The van der Waals surface area contributed by atoms with E-state index in [4.69, 9.17) is 0 Å². The van der Waals surface area contributed by atoms with Crippen molar-refractivity contribution in [2.45, 2.75) is 44.7 Å². The van der Waals surface area contributed by atoms with E-state index < -0.39 is 10.2 Å². The van der Waals surface area contributed by atoms with Gasteiger partial charge in [-0.05, 0) is 32.7 Å². The third kappa shape index (κ3) is 2.74. The third-order valence-corrected chi connectivity index (χ3v) is 5.22. The second kappa shape index (κ2) is 5.00. The predicted molar refractivity (Wildman–Crippen MR) is 63.3 cm³/mol. The molecule has 0 amide bonds. The van der Waals surface area contributed by atoms with E-state index >= 15 is 0 Å². The lowest BCUT2D eigenvalue weighted by Gasteiger charge is -2.33. The SMILES string of the molecule is CC1CCCCN1S(=O)(=O)N[C@H]1CCNC1. The number of piperidine rings is 1. The van der Waals surface area contributed by atoms with Crippen molar-refractivity contribution in [1.82, 2.24) is 14.3 Å². The van der Waals surface area contributed by atoms with Crippen LogP contribution >= 0.6 is 0 Å². The van der Waals surface area contributed by atoms with Gasteiger partial charge in [0.25, 0.3) is 10.2 Å². The van der Waals surface area contributed by atoms with Gasteiger partial charge < -0.3 is 5.32 Å². The number of rotatable bonds is 3. The van der Waals surface area contributed by atoms with Crippen LogP contribution in [0.5, 0.6) is 0 Å². The van der Waals surface area contributed by atoms with Gasteiger partial charge in [0, 0.05) is 25.2 Å². The van der Waals surface area contributed by atoms with Crippen LogP contribution < -0.4 is 10.0 Å². The highest BCUT2D eigenvalue weighted by Gasteiger charge is 2.31. The summed E-state index contributed by atoms with van der Waals surface area (Å²) in [5, 5.41) is 3.16. The molecule has 2 atom stereocenters. The lowest BCUT2D eigenvalue weighted by atomic mass is 10.1. The van der Waals surface area contributed by atoms with E-state index in [-0.39, 0.29) is 12.1 Å². The average molecular weight is 247 g/mol. The largest absolute Gasteiger partial charge is 0.315 e. The van der Waals surface area contributed by atoms with Gasteiger partial charge in [-0.15, -0.1) is 0 Å². The van der Waals surface area contributed by atoms with Gasteiger partial charge in [0.2, 0.25) is 0 Å². The second-order valence-corrected chi connectivity index (χ2v) is 6.42. The van der Waals surface area contributed by atoms with Crippen LogP contribution in [0.15, 0.2) is 0 Å². The average Bonchev–Trinajstić information content (AvgIpc) is 2.70. The van der Waals surface area contributed by atoms with Gasteiger partial charge in [-0.3, -0.25) is 0 Å². The first-order valence-electron chi connectivity index (χ1n) is 6.09. The fraction of sp³-hybridized carbons (Fsp3) is 1.00. The molecule has 16 heavy (non-hydrogen) atoms. The molecule has 2 saturated heterocycles. The highest BCUT2D eigenvalue weighted by atomic mass is 32.2. The van der Waals surface area contributed by atoms with Crippen LogP contribution in [0.2, 0.25) is 0 Å². The Hall–Kier alpha value is -0.170. The fourth-order valence-corrected chi connectivity index (χ4v) is 4.17. The molecule has 0 aromatic heterocycles. The van der Waals surface area contributed by atoms with Crippen LogP contribution in [0, 0.1) is 0 Å². The Labute approximate surface area is 97.8 Å². The van der Waals surface area contributed by atoms with Gasteiger partial charge in [0.15, 0.2) is 0 Å². The van der Waals surface area contributed by atoms with E-state index in [1.807, 2.05) is 6.92 Å². The summed E-state index contributed by atoms with van der Waals surface area (Å²) in [4.78, 5) is 0. The van der Waals surface area contributed by atoms with Crippen molar-refractivity contribution in [2.24, 2.45) is 0 Å². The molecule has 0 bridgehead atoms. The summed E-state index contributed by atoms with van der Waals surface area (Å²) in [6.07, 6.45) is 3.98. The maximum absolute atomic E-state index is 12.1. The Morgan fingerprint density at radius 3 is 2.75 bits per heavy atom. The van der Waals surface area contributed by atoms with Crippen molar-refractivity contribution in [3.63, 3.8) is 0 Å². The lowest BCUT2D eigenvalue weighted by molar-refractivity contribution is 0.264. The van der Waals surface area contributed by atoms with Crippen molar-refractivity contribution in [1.29, 1.82) is 0 Å². The monoisotopic (exact) mass is 247 g/mol. The molecule has 5 nitrogen and oxygen atoms in total. The first-order chi connectivity index (χ1) is 7.59. The van der Waals surface area contributed by atoms with E-state index in [0.717, 1.165) is 38.8 Å². The summed E-state index contributed by atoms with van der Waals surface area (Å²) in [6.45, 7) is 4.31. The molecule has 2 aliphatic rings. The molecule has 2 aliphatic heterocycles. The van der Waals surface area contributed by atoms with Crippen molar-refractivity contribution in [3.05, 3.63) is 0 Å². The number of hydrogen-bond donors (Lipinski definition) is 2. The Balaban J connectivity index is 1.99. The fourth-order valence-electron chi connectivity index (χ4n) is 2.46. The van der Waals surface area contributed by atoms with E-state index in [1.54, 1.807) is 4.31 Å². The smallest absolute Gasteiger partial charge is 0.279 e. The topological polar surface area (TPSA) is 61.4 Å². The summed E-state index contributed by atoms with van der Waals surface area (Å²) < 4.78 is 28.7. The molecular formula is C10H21N3O2S. The number of nitrogens with zero attached hydrogens (tertiary/aromatic N) is 1. The zero-order chi connectivity index (χ0) is 11.6. The van der Waals surface area contributed by atoms with Crippen molar-refractivity contribution >= 4 is 10.2 Å². The molecule has 0 spiro atoms. The molecule has 6 heteroatoms. The Morgan fingerprint density at radius 2 is 2.12 bits per heavy atom. The van der Waals surface area contributed by atoms with Crippen LogP contribution in [0.4, 0.5) is 0 Å². The maximum Gasteiger partial charge on any atom is 0.279 e. The van der Waals surface area contributed by atoms with Crippen LogP contribution in [0.25, 0.3) is 0 Å². The molecule has 0 aliphatic carbocycles. The van der Waals surface area contributed by atoms with Crippen LogP contribution in [0.3, 0.4) is 0 Å². The van der Waals surface area contributed by atoms with Gasteiger partial charge in [-0.1, -0.05) is 6.42 Å². The standard InChI is InChI=1S/C10H21N3O2S/c1-9-4-2-3-7-13(9)16(14,15)12-10-5-6-11-8-10/h9-12H,2-8H2,1H3/t9?,10-/m0/s1. The molecule has 94 valence electrons. The van der Waals surface area contributed by atoms with E-state index in [1.165, 1.54) is 0 Å². The Morgan fingerprint density at radius 1 is 1.31 bits per heavy atom. The molecule has 2 N–H and O–H groups in total. The minimum Gasteiger partial charge on any atom is -0.315 e. The first-order valence-corrected chi connectivity index (χ1v) is 7.53. The van der Waals surface area contributed by atoms with Gasteiger partial charge >= 0.3 is 0 Å². The molecule has 2 heterocycles. The van der Waals surface area contributed by atoms with E-state index in [0.29, 0.717) is 6.54 Å². The van der Waals surface area contributed by atoms with Gasteiger partial charge in [0.1, 0.15) is 0 Å². The van der Waals surface area contributed by atoms with Gasteiger partial charge in [0.05, 0.1) is 0 Å². The normalized spacial score (nSPS) is 33.1. The predicted octanol–water partition coefficient (Wildman–Crippen LogP) is 0.0571. The highest BCUT2D eigenvalue weighted by molar-refractivity contribution is 7.87. The molecule has 0 radical (unpaired) electrons. The summed E-state index contributed by atoms with van der Waals surface area (Å²) in [7, 11) is -3.27. The van der Waals surface area contributed by atoms with E-state index in [2.05, 4.69) is 10.0 Å². The Bertz CT molecular complexity index is 325. The van der Waals surface area contributed by atoms with Crippen molar-refractivity contribution < 1.29 is 8.42 Å². The van der Waals surface area contributed by atoms with Crippen LogP contribution in [-0.2, 0) is 10.2 Å². The maximum atomic E-state index is 12.1. The van der Waals surface area contributed by atoms with E-state index in [9.17, 15) is 8.42 Å². The van der Waals surface area contributed by atoms with Gasteiger partial charge in [-0.2, -0.15) is 17.4 Å². The summed E-state index contributed by atoms with van der Waals surface area (Å²) in [5.74, 6) is 0. The molecule has 0 saturated carbocycles. The minimum atomic E-state index is -3.27. The summed E-state index contributed by atoms with van der Waals surface area (Å²) in [6, 6.07) is 0.208. The quantitative estimate of drug-likeness (QED) is 0.741. The first kappa shape index (κ1) is 12.3. The molecule has 0 aromatic carbocycles. The highest BCUT2D eigenvalue weighted by Crippen LogP contribution is 2.19. The van der Waals surface area contributed by atoms with Crippen LogP contribution in [-0.4, -0.2) is 44.4 Å². The number of hydrogen-bond acceptors (Lipinski definition) is 3. The molecular weight excluding hydrogens is 226 g/mol. The Kier molecular flexibility index (Phi) is 3.84. The number of nitrogens with one attached hydrogen (secondary N) is 2. The third-order valence-electron chi connectivity index (χ3n) is 3.43. The van der Waals surface area contributed by atoms with Crippen molar-refractivity contribution in [3.8, 4) is 0 Å². The molecule has 2 rings (SSSR count). The minimum absolute atomic E-state index is 0.0686. The second-order valence-electron chi connectivity index (χ2n) is 4.77. The lowest BCUT2D eigenvalue weighted by Crippen LogP contribution is -2.51. The zero-order valence-electron chi connectivity index (χ0n) is 9.78. The molecule has 0 aromatic rings. The zero-order valence-corrected chi connectivity index (χ0v) is 10.6. The molecule has 2 fully saturated rings. The van der Waals surface area contributed by atoms with Gasteiger partial charge in [-0.25, -0.2) is 0 Å². The molecule has 1 unspecified atom stereocenters. The van der Waals surface area contributed by atoms with Crippen LogP contribution in [0.1, 0.15) is 32.6 Å². The summed E-state index contributed by atoms with van der Waals surface area (Å²) in [5.41, 5.74) is 0. The van der Waals surface area contributed by atoms with Crippen molar-refractivity contribution in [2.75, 3.05) is 19.6 Å². The summed E-state index contributed by atoms with van der Waals surface area (Å²) >= 11 is 0.